The molecular weight excluding hydrogens is 224 g/mol. The first-order valence-electron chi connectivity index (χ1n) is 7.34. The Labute approximate surface area is 111 Å². The molecule has 0 bridgehead atoms. The van der Waals surface area contributed by atoms with Crippen molar-refractivity contribution in [3.8, 4) is 0 Å². The Balaban J connectivity index is 1.92. The van der Waals surface area contributed by atoms with Crippen LogP contribution >= 0.6 is 0 Å². The smallest absolute Gasteiger partial charge is 0.237 e. The minimum atomic E-state index is -0.0186. The standard InChI is InChI=1S/C15H28N2O/c1-14(2)8-6-11(10-14)17-13(18)12-15(3,4)7-5-9-16-12/h11-12,16H,5-10H2,1-4H3,(H,17,18). The van der Waals surface area contributed by atoms with Crippen molar-refractivity contribution in [2.24, 2.45) is 10.8 Å². The molecule has 2 N–H and O–H groups in total. The minimum absolute atomic E-state index is 0.0186. The fourth-order valence-corrected chi connectivity index (χ4v) is 3.50. The van der Waals surface area contributed by atoms with E-state index in [1.165, 1.54) is 12.8 Å². The second kappa shape index (κ2) is 4.84. The molecule has 1 saturated carbocycles. The molecule has 2 atom stereocenters. The van der Waals surface area contributed by atoms with E-state index in [9.17, 15) is 4.79 Å². The third-order valence-electron chi connectivity index (χ3n) is 4.70. The maximum Gasteiger partial charge on any atom is 0.237 e. The lowest BCUT2D eigenvalue weighted by Gasteiger charge is -2.38. The highest BCUT2D eigenvalue weighted by Crippen LogP contribution is 2.37. The van der Waals surface area contributed by atoms with E-state index in [2.05, 4.69) is 38.3 Å². The first kappa shape index (κ1) is 13.9. The van der Waals surface area contributed by atoms with Crippen LogP contribution in [0.3, 0.4) is 0 Å². The normalized spacial score (nSPS) is 34.2. The maximum absolute atomic E-state index is 12.4. The maximum atomic E-state index is 12.4. The molecule has 3 heteroatoms. The molecule has 3 nitrogen and oxygen atoms in total. The van der Waals surface area contributed by atoms with Crippen molar-refractivity contribution < 1.29 is 4.79 Å². The van der Waals surface area contributed by atoms with Crippen LogP contribution in [0.25, 0.3) is 0 Å². The zero-order chi connectivity index (χ0) is 13.4. The first-order valence-corrected chi connectivity index (χ1v) is 7.34. The van der Waals surface area contributed by atoms with Crippen LogP contribution in [0.15, 0.2) is 0 Å². The Bertz CT molecular complexity index is 322. The van der Waals surface area contributed by atoms with E-state index in [-0.39, 0.29) is 17.4 Å². The lowest BCUT2D eigenvalue weighted by molar-refractivity contribution is -0.127. The molecule has 2 rings (SSSR count). The lowest BCUT2D eigenvalue weighted by Crippen LogP contribution is -2.56. The molecule has 0 aromatic heterocycles. The summed E-state index contributed by atoms with van der Waals surface area (Å²) in [6.45, 7) is 9.95. The van der Waals surface area contributed by atoms with E-state index in [0.29, 0.717) is 11.5 Å². The average molecular weight is 252 g/mol. The molecule has 1 heterocycles. The summed E-state index contributed by atoms with van der Waals surface area (Å²) in [4.78, 5) is 12.4. The predicted molar refractivity (Wildman–Crippen MR) is 74.4 cm³/mol. The van der Waals surface area contributed by atoms with Crippen LogP contribution in [-0.2, 0) is 4.79 Å². The summed E-state index contributed by atoms with van der Waals surface area (Å²) in [7, 11) is 0. The topological polar surface area (TPSA) is 41.1 Å². The second-order valence-corrected chi connectivity index (χ2v) is 7.59. The fourth-order valence-electron chi connectivity index (χ4n) is 3.50. The summed E-state index contributed by atoms with van der Waals surface area (Å²) in [6, 6.07) is 0.363. The minimum Gasteiger partial charge on any atom is -0.352 e. The molecule has 1 aliphatic carbocycles. The molecule has 1 saturated heterocycles. The Morgan fingerprint density at radius 3 is 2.50 bits per heavy atom. The van der Waals surface area contributed by atoms with Crippen molar-refractivity contribution in [3.05, 3.63) is 0 Å². The Hall–Kier alpha value is -0.570. The van der Waals surface area contributed by atoms with E-state index in [0.717, 1.165) is 25.8 Å². The summed E-state index contributed by atoms with van der Waals surface area (Å²) in [5.41, 5.74) is 0.476. The number of carbonyl (C=O) groups excluding carboxylic acids is 1. The molecule has 1 aliphatic heterocycles. The van der Waals surface area contributed by atoms with Gasteiger partial charge in [0.1, 0.15) is 0 Å². The average Bonchev–Trinajstić information content (AvgIpc) is 2.57. The predicted octanol–water partition coefficient (Wildman–Crippen LogP) is 2.46. The van der Waals surface area contributed by atoms with Gasteiger partial charge in [-0.1, -0.05) is 27.7 Å². The van der Waals surface area contributed by atoms with Crippen LogP contribution in [0, 0.1) is 10.8 Å². The Kier molecular flexibility index (Phi) is 3.72. The van der Waals surface area contributed by atoms with E-state index in [1.807, 2.05) is 0 Å². The van der Waals surface area contributed by atoms with Gasteiger partial charge in [0, 0.05) is 6.04 Å². The van der Waals surface area contributed by atoms with Crippen LogP contribution in [-0.4, -0.2) is 24.5 Å². The van der Waals surface area contributed by atoms with Crippen LogP contribution in [0.2, 0.25) is 0 Å². The van der Waals surface area contributed by atoms with Gasteiger partial charge in [-0.3, -0.25) is 4.79 Å². The fraction of sp³-hybridized carbons (Fsp3) is 0.933. The van der Waals surface area contributed by atoms with Gasteiger partial charge in [0.25, 0.3) is 0 Å². The van der Waals surface area contributed by atoms with Crippen molar-refractivity contribution in [1.29, 1.82) is 0 Å². The number of amides is 1. The molecule has 104 valence electrons. The van der Waals surface area contributed by atoms with Crippen molar-refractivity contribution in [2.45, 2.75) is 71.9 Å². The molecule has 2 fully saturated rings. The van der Waals surface area contributed by atoms with Crippen molar-refractivity contribution in [2.75, 3.05) is 6.54 Å². The number of nitrogens with one attached hydrogen (secondary N) is 2. The number of carbonyl (C=O) groups is 1. The van der Waals surface area contributed by atoms with Crippen molar-refractivity contribution in [1.82, 2.24) is 10.6 Å². The van der Waals surface area contributed by atoms with Crippen molar-refractivity contribution >= 4 is 5.91 Å². The summed E-state index contributed by atoms with van der Waals surface area (Å²) in [5.74, 6) is 0.211. The highest BCUT2D eigenvalue weighted by molar-refractivity contribution is 5.83. The van der Waals surface area contributed by atoms with Crippen LogP contribution < -0.4 is 10.6 Å². The van der Waals surface area contributed by atoms with E-state index in [1.54, 1.807) is 0 Å². The van der Waals surface area contributed by atoms with Gasteiger partial charge in [0.05, 0.1) is 6.04 Å². The monoisotopic (exact) mass is 252 g/mol. The van der Waals surface area contributed by atoms with Crippen molar-refractivity contribution in [3.63, 3.8) is 0 Å². The SMILES string of the molecule is CC1(C)CCC(NC(=O)C2NCCCC2(C)C)C1. The number of rotatable bonds is 2. The Morgan fingerprint density at radius 2 is 1.94 bits per heavy atom. The molecule has 18 heavy (non-hydrogen) atoms. The van der Waals surface area contributed by atoms with Gasteiger partial charge in [-0.25, -0.2) is 0 Å². The molecule has 1 amide bonds. The number of hydrogen-bond acceptors (Lipinski definition) is 2. The van der Waals surface area contributed by atoms with E-state index >= 15 is 0 Å². The highest BCUT2D eigenvalue weighted by atomic mass is 16.2. The zero-order valence-corrected chi connectivity index (χ0v) is 12.3. The number of hydrogen-bond donors (Lipinski definition) is 2. The quantitative estimate of drug-likeness (QED) is 0.792. The van der Waals surface area contributed by atoms with Gasteiger partial charge < -0.3 is 10.6 Å². The van der Waals surface area contributed by atoms with Gasteiger partial charge in [0.15, 0.2) is 0 Å². The summed E-state index contributed by atoms with van der Waals surface area (Å²) < 4.78 is 0. The van der Waals surface area contributed by atoms with E-state index in [4.69, 9.17) is 0 Å². The summed E-state index contributed by atoms with van der Waals surface area (Å²) in [5, 5.41) is 6.65. The molecule has 2 unspecified atom stereocenters. The third kappa shape index (κ3) is 3.05. The van der Waals surface area contributed by atoms with Gasteiger partial charge in [-0.05, 0) is 49.5 Å². The molecule has 0 radical (unpaired) electrons. The Morgan fingerprint density at radius 1 is 1.22 bits per heavy atom. The second-order valence-electron chi connectivity index (χ2n) is 7.59. The molecular formula is C15H28N2O. The zero-order valence-electron chi connectivity index (χ0n) is 12.3. The summed E-state index contributed by atoms with van der Waals surface area (Å²) in [6.07, 6.45) is 5.78. The third-order valence-corrected chi connectivity index (χ3v) is 4.70. The molecule has 2 aliphatic rings. The molecule has 0 aromatic carbocycles. The largest absolute Gasteiger partial charge is 0.352 e. The van der Waals surface area contributed by atoms with Gasteiger partial charge >= 0.3 is 0 Å². The van der Waals surface area contributed by atoms with Crippen LogP contribution in [0.5, 0.6) is 0 Å². The van der Waals surface area contributed by atoms with Crippen LogP contribution in [0.1, 0.15) is 59.8 Å². The lowest BCUT2D eigenvalue weighted by atomic mass is 9.77. The number of piperidine rings is 1. The van der Waals surface area contributed by atoms with Crippen LogP contribution in [0.4, 0.5) is 0 Å². The van der Waals surface area contributed by atoms with Gasteiger partial charge in [-0.15, -0.1) is 0 Å². The molecule has 0 spiro atoms. The van der Waals surface area contributed by atoms with E-state index < -0.39 is 0 Å². The highest BCUT2D eigenvalue weighted by Gasteiger charge is 2.39. The van der Waals surface area contributed by atoms with Gasteiger partial charge in [0.2, 0.25) is 5.91 Å². The van der Waals surface area contributed by atoms with Gasteiger partial charge in [-0.2, -0.15) is 0 Å². The summed E-state index contributed by atoms with van der Waals surface area (Å²) >= 11 is 0. The first-order chi connectivity index (χ1) is 8.30. The molecule has 0 aromatic rings.